The lowest BCUT2D eigenvalue weighted by atomic mass is 10.2. The molecule has 18 heavy (non-hydrogen) atoms. The molecule has 0 bridgehead atoms. The molecule has 0 aliphatic heterocycles. The van der Waals surface area contributed by atoms with Crippen LogP contribution in [0.1, 0.15) is 15.9 Å². The van der Waals surface area contributed by atoms with E-state index in [0.29, 0.717) is 11.1 Å². The zero-order chi connectivity index (χ0) is 13.0. The number of hydrogen-bond acceptors (Lipinski definition) is 2. The Bertz CT molecular complexity index is 602. The number of amides is 1. The molecule has 92 valence electrons. The largest absolute Gasteiger partial charge is 0.348 e. The quantitative estimate of drug-likeness (QED) is 0.860. The van der Waals surface area contributed by atoms with Crippen LogP contribution in [0.5, 0.6) is 0 Å². The molecule has 0 radical (unpaired) electrons. The van der Waals surface area contributed by atoms with Crippen LogP contribution in [0.3, 0.4) is 0 Å². The van der Waals surface area contributed by atoms with Crippen LogP contribution in [0.2, 0.25) is 0 Å². The molecule has 1 amide bonds. The van der Waals surface area contributed by atoms with Crippen LogP contribution >= 0.6 is 0 Å². The number of aromatic nitrogens is 1. The van der Waals surface area contributed by atoms with E-state index in [2.05, 4.69) is 10.3 Å². The standard InChI is InChI=1S/C13H11FN2O2/c14-11-4-2-1-3-9(11)7-16-13(18)10-5-6-12(17)15-8-10/h1-6,8H,7H2,(H,15,17)(H,16,18). The van der Waals surface area contributed by atoms with Crippen LogP contribution in [0.25, 0.3) is 0 Å². The maximum absolute atomic E-state index is 13.3. The number of nitrogens with one attached hydrogen (secondary N) is 2. The van der Waals surface area contributed by atoms with Crippen LogP contribution in [0.15, 0.2) is 47.4 Å². The van der Waals surface area contributed by atoms with E-state index in [9.17, 15) is 14.0 Å². The first-order chi connectivity index (χ1) is 8.66. The van der Waals surface area contributed by atoms with Gasteiger partial charge in [-0.1, -0.05) is 18.2 Å². The molecule has 0 spiro atoms. The minimum Gasteiger partial charge on any atom is -0.348 e. The Morgan fingerprint density at radius 2 is 2.00 bits per heavy atom. The Labute approximate surface area is 102 Å². The van der Waals surface area contributed by atoms with Gasteiger partial charge in [0.15, 0.2) is 0 Å². The topological polar surface area (TPSA) is 62.0 Å². The van der Waals surface area contributed by atoms with E-state index < -0.39 is 0 Å². The van der Waals surface area contributed by atoms with Crippen LogP contribution in [0, 0.1) is 5.82 Å². The zero-order valence-corrected chi connectivity index (χ0v) is 9.44. The summed E-state index contributed by atoms with van der Waals surface area (Å²) < 4.78 is 13.3. The van der Waals surface area contributed by atoms with E-state index in [0.717, 1.165) is 0 Å². The van der Waals surface area contributed by atoms with Crippen molar-refractivity contribution < 1.29 is 9.18 Å². The van der Waals surface area contributed by atoms with Crippen molar-refractivity contribution in [3.63, 3.8) is 0 Å². The monoisotopic (exact) mass is 246 g/mol. The molecule has 4 nitrogen and oxygen atoms in total. The SMILES string of the molecule is O=C(NCc1ccccc1F)c1ccc(=O)[nH]c1. The van der Waals surface area contributed by atoms with Crippen LogP contribution in [0.4, 0.5) is 4.39 Å². The molecule has 0 aliphatic rings. The summed E-state index contributed by atoms with van der Waals surface area (Å²) in [6, 6.07) is 8.89. The molecule has 2 N–H and O–H groups in total. The van der Waals surface area contributed by atoms with E-state index in [1.54, 1.807) is 18.2 Å². The minimum atomic E-state index is -0.366. The fourth-order valence-corrected chi connectivity index (χ4v) is 1.47. The summed E-state index contributed by atoms with van der Waals surface area (Å²) in [4.78, 5) is 24.9. The summed E-state index contributed by atoms with van der Waals surface area (Å²) in [5.74, 6) is -0.728. The lowest BCUT2D eigenvalue weighted by Crippen LogP contribution is -2.24. The first kappa shape index (κ1) is 12.0. The van der Waals surface area contributed by atoms with Crippen LogP contribution in [-0.2, 0) is 6.54 Å². The van der Waals surface area contributed by atoms with Crippen molar-refractivity contribution in [3.8, 4) is 0 Å². The summed E-state index contributed by atoms with van der Waals surface area (Å²) in [6.07, 6.45) is 1.32. The first-order valence-electron chi connectivity index (χ1n) is 5.37. The highest BCUT2D eigenvalue weighted by atomic mass is 19.1. The molecule has 2 aromatic rings. The van der Waals surface area contributed by atoms with E-state index >= 15 is 0 Å². The predicted molar refractivity (Wildman–Crippen MR) is 64.6 cm³/mol. The van der Waals surface area contributed by atoms with Crippen molar-refractivity contribution in [1.29, 1.82) is 0 Å². The average molecular weight is 246 g/mol. The number of pyridine rings is 1. The second-order valence-electron chi connectivity index (χ2n) is 3.72. The predicted octanol–water partition coefficient (Wildman–Crippen LogP) is 1.44. The summed E-state index contributed by atoms with van der Waals surface area (Å²) in [6.45, 7) is 0.102. The van der Waals surface area contributed by atoms with Crippen LogP contribution in [-0.4, -0.2) is 10.9 Å². The normalized spacial score (nSPS) is 10.1. The Balaban J connectivity index is 2.03. The van der Waals surface area contributed by atoms with Gasteiger partial charge in [-0.15, -0.1) is 0 Å². The Morgan fingerprint density at radius 3 is 2.67 bits per heavy atom. The van der Waals surface area contributed by atoms with Gasteiger partial charge < -0.3 is 10.3 Å². The van der Waals surface area contributed by atoms with Gasteiger partial charge in [0.05, 0.1) is 5.56 Å². The molecule has 0 fully saturated rings. The van der Waals surface area contributed by atoms with Gasteiger partial charge in [0.2, 0.25) is 5.56 Å². The molecule has 1 aromatic carbocycles. The van der Waals surface area contributed by atoms with E-state index in [4.69, 9.17) is 0 Å². The van der Waals surface area contributed by atoms with E-state index in [1.165, 1.54) is 24.4 Å². The maximum Gasteiger partial charge on any atom is 0.253 e. The number of halogens is 1. The number of benzene rings is 1. The molecular weight excluding hydrogens is 235 g/mol. The second kappa shape index (κ2) is 5.27. The number of aromatic amines is 1. The van der Waals surface area contributed by atoms with Crippen molar-refractivity contribution in [3.05, 3.63) is 69.9 Å². The molecule has 0 atom stereocenters. The Hall–Kier alpha value is -2.43. The lowest BCUT2D eigenvalue weighted by Gasteiger charge is -2.05. The average Bonchev–Trinajstić information content (AvgIpc) is 2.38. The summed E-state index contributed by atoms with van der Waals surface area (Å²) in [7, 11) is 0. The third-order valence-electron chi connectivity index (χ3n) is 2.44. The molecular formula is C13H11FN2O2. The number of rotatable bonds is 3. The van der Waals surface area contributed by atoms with Gasteiger partial charge in [-0.2, -0.15) is 0 Å². The second-order valence-corrected chi connectivity index (χ2v) is 3.72. The number of carbonyl (C=O) groups excluding carboxylic acids is 1. The summed E-state index contributed by atoms with van der Waals surface area (Å²) in [5, 5.41) is 2.57. The molecule has 1 heterocycles. The number of H-pyrrole nitrogens is 1. The van der Waals surface area contributed by atoms with E-state index in [-0.39, 0.29) is 23.8 Å². The highest BCUT2D eigenvalue weighted by Crippen LogP contribution is 2.05. The van der Waals surface area contributed by atoms with Crippen molar-refractivity contribution in [1.82, 2.24) is 10.3 Å². The minimum absolute atomic E-state index is 0.102. The van der Waals surface area contributed by atoms with Gasteiger partial charge in [0.25, 0.3) is 5.91 Å². The van der Waals surface area contributed by atoms with Crippen LogP contribution < -0.4 is 10.9 Å². The Morgan fingerprint density at radius 1 is 1.22 bits per heavy atom. The van der Waals surface area contributed by atoms with Gasteiger partial charge in [-0.3, -0.25) is 9.59 Å². The zero-order valence-electron chi connectivity index (χ0n) is 9.44. The van der Waals surface area contributed by atoms with Crippen molar-refractivity contribution in [2.24, 2.45) is 0 Å². The van der Waals surface area contributed by atoms with E-state index in [1.807, 2.05) is 0 Å². The molecule has 2 rings (SSSR count). The lowest BCUT2D eigenvalue weighted by molar-refractivity contribution is 0.0950. The fraction of sp³-hybridized carbons (Fsp3) is 0.0769. The van der Waals surface area contributed by atoms with Gasteiger partial charge in [0.1, 0.15) is 5.82 Å². The molecule has 1 aromatic heterocycles. The Kier molecular flexibility index (Phi) is 3.52. The van der Waals surface area contributed by atoms with Gasteiger partial charge in [-0.05, 0) is 12.1 Å². The van der Waals surface area contributed by atoms with Gasteiger partial charge >= 0.3 is 0 Å². The number of hydrogen-bond donors (Lipinski definition) is 2. The van der Waals surface area contributed by atoms with Crippen molar-refractivity contribution in [2.75, 3.05) is 0 Å². The van der Waals surface area contributed by atoms with Gasteiger partial charge in [0, 0.05) is 24.4 Å². The highest BCUT2D eigenvalue weighted by Gasteiger charge is 2.06. The third kappa shape index (κ3) is 2.82. The molecule has 5 heteroatoms. The smallest absolute Gasteiger partial charge is 0.253 e. The molecule has 0 unspecified atom stereocenters. The fourth-order valence-electron chi connectivity index (χ4n) is 1.47. The number of carbonyl (C=O) groups is 1. The van der Waals surface area contributed by atoms with Gasteiger partial charge in [-0.25, -0.2) is 4.39 Å². The van der Waals surface area contributed by atoms with Crippen molar-refractivity contribution >= 4 is 5.91 Å². The molecule has 0 aliphatic carbocycles. The summed E-state index contributed by atoms with van der Waals surface area (Å²) >= 11 is 0. The highest BCUT2D eigenvalue weighted by molar-refractivity contribution is 5.93. The summed E-state index contributed by atoms with van der Waals surface area (Å²) in [5.41, 5.74) is 0.460. The maximum atomic E-state index is 13.3. The molecule has 0 saturated carbocycles. The molecule has 0 saturated heterocycles. The first-order valence-corrected chi connectivity index (χ1v) is 5.37. The third-order valence-corrected chi connectivity index (χ3v) is 2.44. The van der Waals surface area contributed by atoms with Crippen molar-refractivity contribution in [2.45, 2.75) is 6.54 Å².